The fourth-order valence-electron chi connectivity index (χ4n) is 2.13. The molecular weight excluding hydrogens is 336 g/mol. The van der Waals surface area contributed by atoms with E-state index in [1.807, 2.05) is 0 Å². The summed E-state index contributed by atoms with van der Waals surface area (Å²) in [6, 6.07) is 5.40. The molecule has 0 spiro atoms. The number of anilines is 1. The molecule has 0 saturated carbocycles. The van der Waals surface area contributed by atoms with Crippen molar-refractivity contribution in [2.75, 3.05) is 4.72 Å². The predicted molar refractivity (Wildman–Crippen MR) is 87.4 cm³/mol. The lowest BCUT2D eigenvalue weighted by Crippen LogP contribution is -2.42. The number of hydrogen-bond donors (Lipinski definition) is 2. The Morgan fingerprint density at radius 2 is 1.62 bits per heavy atom. The smallest absolute Gasteiger partial charge is 0.330 e. The Morgan fingerprint density at radius 3 is 2.12 bits per heavy atom. The van der Waals surface area contributed by atoms with E-state index in [4.69, 9.17) is 5.73 Å². The van der Waals surface area contributed by atoms with Crippen LogP contribution in [-0.4, -0.2) is 23.5 Å². The Balaban J connectivity index is 2.54. The first-order chi connectivity index (χ1) is 11.1. The minimum atomic E-state index is -4.23. The lowest BCUT2D eigenvalue weighted by molar-refractivity contribution is 0.100. The molecule has 0 saturated heterocycles. The maximum absolute atomic E-state index is 12.5. The zero-order valence-electron chi connectivity index (χ0n) is 13.2. The Labute approximate surface area is 137 Å². The third-order valence-electron chi connectivity index (χ3n) is 3.59. The summed E-state index contributed by atoms with van der Waals surface area (Å²) in [5.74, 6) is -0.646. The summed E-state index contributed by atoms with van der Waals surface area (Å²) < 4.78 is 29.1. The number of carbonyl (C=O) groups is 1. The molecule has 9 nitrogen and oxygen atoms in total. The van der Waals surface area contributed by atoms with Gasteiger partial charge >= 0.3 is 5.69 Å². The van der Waals surface area contributed by atoms with Gasteiger partial charge in [-0.1, -0.05) is 0 Å². The van der Waals surface area contributed by atoms with Gasteiger partial charge in [-0.2, -0.15) is 0 Å². The summed E-state index contributed by atoms with van der Waals surface area (Å²) in [4.78, 5) is 34.5. The molecule has 0 atom stereocenters. The molecule has 0 fully saturated rings. The number of sulfonamides is 1. The molecule has 10 heteroatoms. The molecule has 2 rings (SSSR count). The second-order valence-corrected chi connectivity index (χ2v) is 6.79. The molecule has 1 aromatic heterocycles. The SMILES string of the molecule is Cc1c(S(=O)(=O)Nc2ccc(C(N)=O)cc2)c(=O)n(C)c(=O)n1C. The summed E-state index contributed by atoms with van der Waals surface area (Å²) in [6.45, 7) is 1.37. The fraction of sp³-hybridized carbons (Fsp3) is 0.214. The van der Waals surface area contributed by atoms with Crippen molar-refractivity contribution in [3.8, 4) is 0 Å². The first-order valence-corrected chi connectivity index (χ1v) is 8.24. The quantitative estimate of drug-likeness (QED) is 0.750. The number of primary amides is 1. The second kappa shape index (κ2) is 5.96. The molecule has 1 amide bonds. The average Bonchev–Trinajstić information content (AvgIpc) is 2.51. The lowest BCUT2D eigenvalue weighted by atomic mass is 10.2. The van der Waals surface area contributed by atoms with Gasteiger partial charge < -0.3 is 5.73 Å². The van der Waals surface area contributed by atoms with Crippen LogP contribution in [0.1, 0.15) is 16.1 Å². The maximum atomic E-state index is 12.5. The molecule has 0 unspecified atom stereocenters. The number of benzene rings is 1. The summed E-state index contributed by atoms with van der Waals surface area (Å²) in [5.41, 5.74) is 3.95. The topological polar surface area (TPSA) is 133 Å². The van der Waals surface area contributed by atoms with Gasteiger partial charge in [-0.05, 0) is 31.2 Å². The van der Waals surface area contributed by atoms with Crippen molar-refractivity contribution < 1.29 is 13.2 Å². The number of nitrogens with one attached hydrogen (secondary N) is 1. The Kier molecular flexibility index (Phi) is 4.34. The van der Waals surface area contributed by atoms with Crippen LogP contribution in [0.5, 0.6) is 0 Å². The zero-order valence-corrected chi connectivity index (χ0v) is 14.0. The van der Waals surface area contributed by atoms with Crippen molar-refractivity contribution in [1.29, 1.82) is 0 Å². The third-order valence-corrected chi connectivity index (χ3v) is 5.11. The van der Waals surface area contributed by atoms with Gasteiger partial charge in [0.1, 0.15) is 0 Å². The van der Waals surface area contributed by atoms with E-state index < -0.39 is 32.1 Å². The fourth-order valence-corrected chi connectivity index (χ4v) is 3.57. The summed E-state index contributed by atoms with van der Waals surface area (Å²) in [6.07, 6.45) is 0. The highest BCUT2D eigenvalue weighted by Gasteiger charge is 2.25. The van der Waals surface area contributed by atoms with E-state index in [-0.39, 0.29) is 16.9 Å². The molecule has 0 radical (unpaired) electrons. The molecule has 24 heavy (non-hydrogen) atoms. The number of hydrogen-bond acceptors (Lipinski definition) is 5. The molecule has 0 aliphatic heterocycles. The standard InChI is InChI=1S/C14H16N4O5S/c1-8-11(13(20)18(3)14(21)17(8)2)24(22,23)16-10-6-4-9(5-7-10)12(15)19/h4-7,16H,1-3H3,(H2,15,19). The Hall–Kier alpha value is -2.88. The minimum Gasteiger partial charge on any atom is -0.366 e. The van der Waals surface area contributed by atoms with E-state index in [9.17, 15) is 22.8 Å². The van der Waals surface area contributed by atoms with E-state index >= 15 is 0 Å². The van der Waals surface area contributed by atoms with Crippen LogP contribution in [0.3, 0.4) is 0 Å². The molecule has 0 bridgehead atoms. The minimum absolute atomic E-state index is 0.0179. The van der Waals surface area contributed by atoms with Gasteiger partial charge in [-0.25, -0.2) is 13.2 Å². The highest BCUT2D eigenvalue weighted by atomic mass is 32.2. The highest BCUT2D eigenvalue weighted by Crippen LogP contribution is 2.16. The van der Waals surface area contributed by atoms with Crippen molar-refractivity contribution >= 4 is 21.6 Å². The Morgan fingerprint density at radius 1 is 1.08 bits per heavy atom. The van der Waals surface area contributed by atoms with E-state index in [2.05, 4.69) is 4.72 Å². The van der Waals surface area contributed by atoms with Gasteiger partial charge in [0.2, 0.25) is 5.91 Å². The van der Waals surface area contributed by atoms with Crippen molar-refractivity contribution in [2.24, 2.45) is 19.8 Å². The van der Waals surface area contributed by atoms with Crippen molar-refractivity contribution in [3.05, 3.63) is 56.4 Å². The average molecular weight is 352 g/mol. The van der Waals surface area contributed by atoms with Crippen molar-refractivity contribution in [3.63, 3.8) is 0 Å². The van der Waals surface area contributed by atoms with Crippen LogP contribution in [0, 0.1) is 6.92 Å². The summed E-state index contributed by atoms with van der Waals surface area (Å²) >= 11 is 0. The molecule has 3 N–H and O–H groups in total. The molecule has 0 aliphatic rings. The second-order valence-electron chi connectivity index (χ2n) is 5.17. The van der Waals surface area contributed by atoms with E-state index in [1.165, 1.54) is 45.3 Å². The van der Waals surface area contributed by atoms with Crippen molar-refractivity contribution in [2.45, 2.75) is 11.8 Å². The molecule has 0 aliphatic carbocycles. The van der Waals surface area contributed by atoms with Crippen molar-refractivity contribution in [1.82, 2.24) is 9.13 Å². The van der Waals surface area contributed by atoms with E-state index in [0.717, 1.165) is 9.13 Å². The molecule has 1 heterocycles. The van der Waals surface area contributed by atoms with E-state index in [1.54, 1.807) is 0 Å². The van der Waals surface area contributed by atoms with Gasteiger partial charge in [0.05, 0.1) is 0 Å². The van der Waals surface area contributed by atoms with Gasteiger partial charge in [-0.15, -0.1) is 0 Å². The van der Waals surface area contributed by atoms with Gasteiger partial charge in [0.25, 0.3) is 15.6 Å². The number of nitrogens with zero attached hydrogens (tertiary/aromatic N) is 2. The van der Waals surface area contributed by atoms with Crippen LogP contribution < -0.4 is 21.7 Å². The van der Waals surface area contributed by atoms with Gasteiger partial charge in [0, 0.05) is 31.0 Å². The molecule has 128 valence electrons. The lowest BCUT2D eigenvalue weighted by Gasteiger charge is -2.13. The molecular formula is C14H16N4O5S. The van der Waals surface area contributed by atoms with Gasteiger partial charge in [-0.3, -0.25) is 23.4 Å². The van der Waals surface area contributed by atoms with Crippen LogP contribution in [0.15, 0.2) is 38.8 Å². The normalized spacial score (nSPS) is 11.3. The number of carbonyl (C=O) groups excluding carboxylic acids is 1. The number of amides is 1. The first-order valence-electron chi connectivity index (χ1n) is 6.75. The predicted octanol–water partition coefficient (Wildman–Crippen LogP) is -0.708. The number of aromatic nitrogens is 2. The van der Waals surface area contributed by atoms with Crippen LogP contribution in [0.25, 0.3) is 0 Å². The highest BCUT2D eigenvalue weighted by molar-refractivity contribution is 7.92. The van der Waals surface area contributed by atoms with Crippen LogP contribution >= 0.6 is 0 Å². The zero-order chi connectivity index (χ0) is 18.2. The van der Waals surface area contributed by atoms with Crippen LogP contribution in [-0.2, 0) is 24.1 Å². The number of nitrogens with two attached hydrogens (primary N) is 1. The largest absolute Gasteiger partial charge is 0.366 e. The molecule has 1 aromatic carbocycles. The molecule has 2 aromatic rings. The Bertz CT molecular complexity index is 1030. The first kappa shape index (κ1) is 17.5. The van der Waals surface area contributed by atoms with Gasteiger partial charge in [0.15, 0.2) is 4.90 Å². The summed E-state index contributed by atoms with van der Waals surface area (Å²) in [7, 11) is -1.66. The third kappa shape index (κ3) is 2.95. The van der Waals surface area contributed by atoms with Crippen LogP contribution in [0.4, 0.5) is 5.69 Å². The monoisotopic (exact) mass is 352 g/mol. The number of rotatable bonds is 4. The van der Waals surface area contributed by atoms with E-state index in [0.29, 0.717) is 0 Å². The van der Waals surface area contributed by atoms with Crippen LogP contribution in [0.2, 0.25) is 0 Å². The maximum Gasteiger partial charge on any atom is 0.330 e. The summed E-state index contributed by atoms with van der Waals surface area (Å²) in [5, 5.41) is 0.